The maximum atomic E-state index is 5.93. The topological polar surface area (TPSA) is 32.5 Å². The largest absolute Gasteiger partial charge is 0.347 e. The molecule has 0 aliphatic carbocycles. The molecule has 13 heavy (non-hydrogen) atoms. The van der Waals surface area contributed by atoms with E-state index in [1.54, 1.807) is 0 Å². The van der Waals surface area contributed by atoms with E-state index in [0.717, 1.165) is 6.54 Å². The van der Waals surface area contributed by atoms with Crippen LogP contribution in [0.15, 0.2) is 12.4 Å². The van der Waals surface area contributed by atoms with Crippen LogP contribution >= 0.6 is 0 Å². The molecule has 1 heterocycles. The van der Waals surface area contributed by atoms with Crippen molar-refractivity contribution in [3.63, 3.8) is 0 Å². The summed E-state index contributed by atoms with van der Waals surface area (Å²) >= 11 is 0. The lowest BCUT2D eigenvalue weighted by atomic mass is 10.2. The number of nitrogens with two attached hydrogens (primary N) is 1. The number of unbranched alkanes of at least 4 members (excludes halogenated alkanes) is 3. The fraction of sp³-hybridized carbons (Fsp3) is 0.800. The number of nitrogens with zero attached hydrogens (tertiary/aromatic N) is 2. The lowest BCUT2D eigenvalue weighted by Crippen LogP contribution is -2.44. The molecular formula is C10H21N3. The van der Waals surface area contributed by atoms with Gasteiger partial charge in [0.15, 0.2) is 6.29 Å². The van der Waals surface area contributed by atoms with E-state index in [0.29, 0.717) is 0 Å². The van der Waals surface area contributed by atoms with Gasteiger partial charge in [0.1, 0.15) is 0 Å². The molecule has 0 aromatic heterocycles. The molecule has 2 N–H and O–H groups in total. The zero-order chi connectivity index (χ0) is 9.68. The van der Waals surface area contributed by atoms with Gasteiger partial charge in [-0.3, -0.25) is 5.73 Å². The zero-order valence-corrected chi connectivity index (χ0v) is 8.74. The molecule has 3 nitrogen and oxygen atoms in total. The van der Waals surface area contributed by atoms with Crippen molar-refractivity contribution in [2.75, 3.05) is 13.6 Å². The summed E-state index contributed by atoms with van der Waals surface area (Å²) in [5.41, 5.74) is 5.93. The van der Waals surface area contributed by atoms with Gasteiger partial charge >= 0.3 is 0 Å². The van der Waals surface area contributed by atoms with Gasteiger partial charge in [-0.15, -0.1) is 0 Å². The lowest BCUT2D eigenvalue weighted by Gasteiger charge is -2.26. The Morgan fingerprint density at radius 1 is 1.23 bits per heavy atom. The third-order valence-electron chi connectivity index (χ3n) is 2.52. The molecule has 1 unspecified atom stereocenters. The van der Waals surface area contributed by atoms with E-state index in [1.165, 1.54) is 25.7 Å². The molecule has 0 saturated carbocycles. The van der Waals surface area contributed by atoms with Crippen LogP contribution in [0.3, 0.4) is 0 Å². The normalized spacial score (nSPS) is 21.6. The van der Waals surface area contributed by atoms with Crippen LogP contribution in [0.25, 0.3) is 0 Å². The Bertz CT molecular complexity index is 168. The summed E-state index contributed by atoms with van der Waals surface area (Å²) in [7, 11) is 2.01. The Hall–Kier alpha value is -0.700. The van der Waals surface area contributed by atoms with Crippen molar-refractivity contribution >= 4 is 0 Å². The van der Waals surface area contributed by atoms with Gasteiger partial charge in [-0.1, -0.05) is 26.2 Å². The number of rotatable bonds is 5. The average molecular weight is 183 g/mol. The summed E-state index contributed by atoms with van der Waals surface area (Å²) in [4.78, 5) is 4.22. The van der Waals surface area contributed by atoms with Crippen LogP contribution < -0.4 is 5.73 Å². The fourth-order valence-electron chi connectivity index (χ4n) is 1.53. The van der Waals surface area contributed by atoms with Gasteiger partial charge in [-0.05, 0) is 6.42 Å². The van der Waals surface area contributed by atoms with E-state index in [4.69, 9.17) is 5.73 Å². The van der Waals surface area contributed by atoms with Crippen LogP contribution in [0.1, 0.15) is 32.6 Å². The maximum Gasteiger partial charge on any atom is 0.154 e. The van der Waals surface area contributed by atoms with E-state index in [1.807, 2.05) is 18.1 Å². The van der Waals surface area contributed by atoms with E-state index < -0.39 is 0 Å². The molecule has 0 saturated heterocycles. The van der Waals surface area contributed by atoms with Crippen molar-refractivity contribution in [1.29, 1.82) is 0 Å². The smallest absolute Gasteiger partial charge is 0.154 e. The zero-order valence-electron chi connectivity index (χ0n) is 8.74. The van der Waals surface area contributed by atoms with Crippen molar-refractivity contribution < 1.29 is 0 Å². The third kappa shape index (κ3) is 2.92. The van der Waals surface area contributed by atoms with Gasteiger partial charge in [0.2, 0.25) is 0 Å². The first-order valence-corrected chi connectivity index (χ1v) is 5.17. The van der Waals surface area contributed by atoms with Crippen molar-refractivity contribution in [3.05, 3.63) is 12.4 Å². The molecule has 76 valence electrons. The van der Waals surface area contributed by atoms with Crippen molar-refractivity contribution in [1.82, 2.24) is 9.80 Å². The Kier molecular flexibility index (Phi) is 4.09. The van der Waals surface area contributed by atoms with Crippen molar-refractivity contribution in [2.45, 2.75) is 38.9 Å². The summed E-state index contributed by atoms with van der Waals surface area (Å²) in [6.07, 6.45) is 9.37. The molecule has 1 atom stereocenters. The van der Waals surface area contributed by atoms with Crippen LogP contribution in [-0.2, 0) is 0 Å². The maximum absolute atomic E-state index is 5.93. The first-order valence-electron chi connectivity index (χ1n) is 5.17. The van der Waals surface area contributed by atoms with Gasteiger partial charge in [-0.25, -0.2) is 0 Å². The first kappa shape index (κ1) is 10.4. The van der Waals surface area contributed by atoms with Crippen molar-refractivity contribution in [2.24, 2.45) is 5.73 Å². The summed E-state index contributed by atoms with van der Waals surface area (Å²) < 4.78 is 0. The van der Waals surface area contributed by atoms with Gasteiger partial charge in [0.25, 0.3) is 0 Å². The van der Waals surface area contributed by atoms with Gasteiger partial charge in [0, 0.05) is 26.0 Å². The Labute approximate surface area is 81.2 Å². The Balaban J connectivity index is 2.12. The van der Waals surface area contributed by atoms with E-state index >= 15 is 0 Å². The summed E-state index contributed by atoms with van der Waals surface area (Å²) in [6.45, 7) is 3.32. The van der Waals surface area contributed by atoms with E-state index in [9.17, 15) is 0 Å². The predicted octanol–water partition coefficient (Wildman–Crippen LogP) is 1.53. The van der Waals surface area contributed by atoms with Crippen LogP contribution in [0.2, 0.25) is 0 Å². The Morgan fingerprint density at radius 2 is 2.00 bits per heavy atom. The standard InChI is InChI=1S/C10H21N3/c1-3-4-5-6-7-13-9-8-12(2)10(13)11/h8-10H,3-7,11H2,1-2H3. The number of hydrogen-bond donors (Lipinski definition) is 1. The quantitative estimate of drug-likeness (QED) is 0.656. The molecule has 1 aliphatic rings. The van der Waals surface area contributed by atoms with E-state index in [2.05, 4.69) is 18.0 Å². The molecular weight excluding hydrogens is 162 g/mol. The highest BCUT2D eigenvalue weighted by Crippen LogP contribution is 2.10. The minimum absolute atomic E-state index is 0.0571. The molecule has 0 aromatic rings. The Morgan fingerprint density at radius 3 is 2.54 bits per heavy atom. The second-order valence-electron chi connectivity index (χ2n) is 3.68. The second kappa shape index (κ2) is 5.12. The molecule has 1 aliphatic heterocycles. The molecule has 0 radical (unpaired) electrons. The predicted molar refractivity (Wildman–Crippen MR) is 55.7 cm³/mol. The van der Waals surface area contributed by atoms with Gasteiger partial charge in [-0.2, -0.15) is 0 Å². The molecule has 3 heteroatoms. The molecule has 1 rings (SSSR count). The van der Waals surface area contributed by atoms with Crippen LogP contribution in [0.4, 0.5) is 0 Å². The lowest BCUT2D eigenvalue weighted by molar-refractivity contribution is 0.180. The number of hydrogen-bond acceptors (Lipinski definition) is 3. The molecule has 0 aromatic carbocycles. The fourth-order valence-corrected chi connectivity index (χ4v) is 1.53. The summed E-state index contributed by atoms with van der Waals surface area (Å²) in [5, 5.41) is 0. The first-order chi connectivity index (χ1) is 6.25. The molecule has 0 spiro atoms. The minimum Gasteiger partial charge on any atom is -0.347 e. The highest BCUT2D eigenvalue weighted by molar-refractivity contribution is 4.92. The SMILES string of the molecule is CCCCCCN1C=CN(C)C1N. The summed E-state index contributed by atoms with van der Waals surface area (Å²) in [6, 6.07) is 0. The minimum atomic E-state index is 0.0571. The van der Waals surface area contributed by atoms with Crippen molar-refractivity contribution in [3.8, 4) is 0 Å². The van der Waals surface area contributed by atoms with Gasteiger partial charge < -0.3 is 9.80 Å². The molecule has 0 bridgehead atoms. The van der Waals surface area contributed by atoms with Crippen LogP contribution in [-0.4, -0.2) is 29.7 Å². The van der Waals surface area contributed by atoms with E-state index in [-0.39, 0.29) is 6.29 Å². The highest BCUT2D eigenvalue weighted by Gasteiger charge is 2.17. The van der Waals surface area contributed by atoms with Crippen LogP contribution in [0, 0.1) is 0 Å². The van der Waals surface area contributed by atoms with Crippen LogP contribution in [0.5, 0.6) is 0 Å². The highest BCUT2D eigenvalue weighted by atomic mass is 15.4. The average Bonchev–Trinajstić information content (AvgIpc) is 2.43. The second-order valence-corrected chi connectivity index (χ2v) is 3.68. The van der Waals surface area contributed by atoms with Gasteiger partial charge in [0.05, 0.1) is 0 Å². The monoisotopic (exact) mass is 183 g/mol. The third-order valence-corrected chi connectivity index (χ3v) is 2.52. The molecule has 0 amide bonds. The molecule has 0 fully saturated rings. The summed E-state index contributed by atoms with van der Waals surface area (Å²) in [5.74, 6) is 0.